The Balaban J connectivity index is 1.67. The molecule has 1 amide bonds. The lowest BCUT2D eigenvalue weighted by atomic mass is 10.2. The Morgan fingerprint density at radius 1 is 1.12 bits per heavy atom. The van der Waals surface area contributed by atoms with Crippen LogP contribution < -0.4 is 10.2 Å². The second kappa shape index (κ2) is 9.22. The van der Waals surface area contributed by atoms with Gasteiger partial charge in [0.25, 0.3) is 11.6 Å². The van der Waals surface area contributed by atoms with Gasteiger partial charge in [-0.3, -0.25) is 14.9 Å². The Bertz CT molecular complexity index is 1150. The number of carbonyl (C=O) groups excluding carboxylic acids is 1. The first-order valence-corrected chi connectivity index (χ1v) is 11.0. The number of quaternary nitrogens is 1. The zero-order valence-corrected chi connectivity index (χ0v) is 17.7. The largest absolute Gasteiger partial charge is 0.323 e. The minimum atomic E-state index is -4.12. The number of sulfonamides is 1. The monoisotopic (exact) mass is 473 g/mol. The Morgan fingerprint density at radius 3 is 2.38 bits per heavy atom. The number of amides is 1. The molecular formula is C19H20F3N4O5S+. The smallest absolute Gasteiger partial charge is 0.289 e. The van der Waals surface area contributed by atoms with Gasteiger partial charge in [-0.25, -0.2) is 21.6 Å². The standard InChI is InChI=1S/C19H19F3N4O5S/c1-12(19(27)23-14-7-6-13(20)17(21)18(14)22)24-8-10-25(11-9-24)32(30,31)16-5-3-2-4-15(16)26(28)29/h2-7,12H,8-11H2,1H3,(H,23,27)/p+1/t12-/m0/s1. The zero-order valence-electron chi connectivity index (χ0n) is 16.8. The third-order valence-electron chi connectivity index (χ3n) is 5.34. The summed E-state index contributed by atoms with van der Waals surface area (Å²) in [6, 6.07) is 5.89. The summed E-state index contributed by atoms with van der Waals surface area (Å²) < 4.78 is 67.1. The second-order valence-corrected chi connectivity index (χ2v) is 9.13. The maximum atomic E-state index is 13.8. The van der Waals surface area contributed by atoms with E-state index in [1.807, 2.05) is 0 Å². The molecule has 0 bridgehead atoms. The molecule has 0 aromatic heterocycles. The lowest BCUT2D eigenvalue weighted by molar-refractivity contribution is -0.917. The van der Waals surface area contributed by atoms with Gasteiger partial charge in [0.1, 0.15) is 0 Å². The van der Waals surface area contributed by atoms with E-state index in [1.54, 1.807) is 0 Å². The van der Waals surface area contributed by atoms with Crippen molar-refractivity contribution in [2.75, 3.05) is 31.5 Å². The van der Waals surface area contributed by atoms with Gasteiger partial charge in [-0.1, -0.05) is 12.1 Å². The van der Waals surface area contributed by atoms with Gasteiger partial charge < -0.3 is 10.2 Å². The number of nitro groups is 1. The highest BCUT2D eigenvalue weighted by Gasteiger charge is 2.37. The number of nitrogens with zero attached hydrogens (tertiary/aromatic N) is 2. The average molecular weight is 473 g/mol. The summed E-state index contributed by atoms with van der Waals surface area (Å²) >= 11 is 0. The number of nitro benzene ring substituents is 1. The number of hydrogen-bond donors (Lipinski definition) is 2. The van der Waals surface area contributed by atoms with Crippen LogP contribution in [0, 0.1) is 27.6 Å². The van der Waals surface area contributed by atoms with Crippen LogP contribution in [-0.2, 0) is 14.8 Å². The molecule has 3 rings (SSSR count). The summed E-state index contributed by atoms with van der Waals surface area (Å²) in [5, 5.41) is 13.4. The molecule has 1 saturated heterocycles. The van der Waals surface area contributed by atoms with Crippen molar-refractivity contribution in [2.45, 2.75) is 17.9 Å². The van der Waals surface area contributed by atoms with Gasteiger partial charge in [0.05, 0.1) is 36.8 Å². The molecule has 32 heavy (non-hydrogen) atoms. The van der Waals surface area contributed by atoms with Crippen molar-refractivity contribution >= 4 is 27.3 Å². The third-order valence-corrected chi connectivity index (χ3v) is 7.29. The van der Waals surface area contributed by atoms with E-state index in [4.69, 9.17) is 0 Å². The molecule has 1 fully saturated rings. The van der Waals surface area contributed by atoms with Gasteiger partial charge >= 0.3 is 0 Å². The number of anilines is 1. The summed E-state index contributed by atoms with van der Waals surface area (Å²) in [7, 11) is -4.12. The quantitative estimate of drug-likeness (QED) is 0.368. The lowest BCUT2D eigenvalue weighted by Gasteiger charge is -2.34. The first-order chi connectivity index (χ1) is 15.0. The van der Waals surface area contributed by atoms with Crippen molar-refractivity contribution in [3.05, 3.63) is 64.0 Å². The second-order valence-electron chi connectivity index (χ2n) is 7.22. The van der Waals surface area contributed by atoms with E-state index >= 15 is 0 Å². The van der Waals surface area contributed by atoms with E-state index < -0.39 is 60.6 Å². The van der Waals surface area contributed by atoms with Crippen LogP contribution in [-0.4, -0.2) is 55.8 Å². The van der Waals surface area contributed by atoms with Crippen molar-refractivity contribution in [3.63, 3.8) is 0 Å². The van der Waals surface area contributed by atoms with Crippen LogP contribution in [0.4, 0.5) is 24.5 Å². The number of para-hydroxylation sites is 1. The minimum Gasteiger partial charge on any atom is -0.323 e. The first-order valence-electron chi connectivity index (χ1n) is 9.56. The van der Waals surface area contributed by atoms with E-state index in [9.17, 15) is 36.5 Å². The lowest BCUT2D eigenvalue weighted by Crippen LogP contribution is -3.19. The number of benzene rings is 2. The molecule has 2 N–H and O–H groups in total. The van der Waals surface area contributed by atoms with E-state index in [1.165, 1.54) is 25.1 Å². The maximum absolute atomic E-state index is 13.8. The molecule has 2 aromatic rings. The van der Waals surface area contributed by atoms with Crippen LogP contribution in [0.3, 0.4) is 0 Å². The molecular weight excluding hydrogens is 453 g/mol. The molecule has 0 unspecified atom stereocenters. The molecule has 0 spiro atoms. The molecule has 172 valence electrons. The topological polar surface area (TPSA) is 114 Å². The summed E-state index contributed by atoms with van der Waals surface area (Å²) in [5.41, 5.74) is -1.03. The highest BCUT2D eigenvalue weighted by atomic mass is 32.2. The third kappa shape index (κ3) is 4.59. The number of carbonyl (C=O) groups is 1. The highest BCUT2D eigenvalue weighted by Crippen LogP contribution is 2.26. The molecule has 9 nitrogen and oxygen atoms in total. The fourth-order valence-electron chi connectivity index (χ4n) is 3.46. The minimum absolute atomic E-state index is 0.000866. The Labute approximate surface area is 181 Å². The molecule has 1 aliphatic heterocycles. The van der Waals surface area contributed by atoms with Gasteiger partial charge in [0.15, 0.2) is 28.4 Å². The summed E-state index contributed by atoms with van der Waals surface area (Å²) in [5.74, 6) is -5.24. The molecule has 1 heterocycles. The summed E-state index contributed by atoms with van der Waals surface area (Å²) in [6.07, 6.45) is 0. The van der Waals surface area contributed by atoms with Gasteiger partial charge in [0.2, 0.25) is 10.0 Å². The Hall–Kier alpha value is -3.03. The van der Waals surface area contributed by atoms with Crippen molar-refractivity contribution in [1.82, 2.24) is 4.31 Å². The summed E-state index contributed by atoms with van der Waals surface area (Å²) in [6.45, 7) is 1.94. The molecule has 1 atom stereocenters. The average Bonchev–Trinajstić information content (AvgIpc) is 2.79. The van der Waals surface area contributed by atoms with Gasteiger partial charge in [-0.05, 0) is 25.1 Å². The zero-order chi connectivity index (χ0) is 23.6. The fraction of sp³-hybridized carbons (Fsp3) is 0.316. The molecule has 13 heteroatoms. The van der Waals surface area contributed by atoms with E-state index in [0.29, 0.717) is 11.0 Å². The fourth-order valence-corrected chi connectivity index (χ4v) is 5.06. The van der Waals surface area contributed by atoms with E-state index in [-0.39, 0.29) is 26.2 Å². The molecule has 2 aromatic carbocycles. The van der Waals surface area contributed by atoms with Crippen molar-refractivity contribution in [1.29, 1.82) is 0 Å². The first kappa shape index (κ1) is 23.6. The van der Waals surface area contributed by atoms with Gasteiger partial charge in [-0.15, -0.1) is 0 Å². The number of halogens is 3. The number of hydrogen-bond acceptors (Lipinski definition) is 5. The number of piperazine rings is 1. The number of rotatable bonds is 6. The van der Waals surface area contributed by atoms with Crippen molar-refractivity contribution in [3.8, 4) is 0 Å². The SMILES string of the molecule is C[C@@H](C(=O)Nc1ccc(F)c(F)c1F)[NH+]1CCN(S(=O)(=O)c2ccccc2[N+](=O)[O-])CC1. The highest BCUT2D eigenvalue weighted by molar-refractivity contribution is 7.89. The molecule has 0 radical (unpaired) electrons. The maximum Gasteiger partial charge on any atom is 0.289 e. The van der Waals surface area contributed by atoms with E-state index in [2.05, 4.69) is 5.32 Å². The predicted molar refractivity (Wildman–Crippen MR) is 107 cm³/mol. The van der Waals surface area contributed by atoms with Crippen LogP contribution in [0.15, 0.2) is 41.3 Å². The van der Waals surface area contributed by atoms with Crippen molar-refractivity contribution in [2.24, 2.45) is 0 Å². The van der Waals surface area contributed by atoms with Crippen LogP contribution in [0.2, 0.25) is 0 Å². The molecule has 0 saturated carbocycles. The molecule has 0 aliphatic carbocycles. The Morgan fingerprint density at radius 2 is 1.75 bits per heavy atom. The van der Waals surface area contributed by atoms with Crippen LogP contribution in [0.1, 0.15) is 6.92 Å². The normalized spacial score (nSPS) is 16.5. The van der Waals surface area contributed by atoms with Crippen LogP contribution >= 0.6 is 0 Å². The number of nitrogens with one attached hydrogen (secondary N) is 2. The van der Waals surface area contributed by atoms with Crippen LogP contribution in [0.25, 0.3) is 0 Å². The van der Waals surface area contributed by atoms with Crippen molar-refractivity contribution < 1.29 is 36.2 Å². The molecule has 1 aliphatic rings. The Kier molecular flexibility index (Phi) is 6.81. The van der Waals surface area contributed by atoms with Gasteiger partial charge in [-0.2, -0.15) is 4.31 Å². The van der Waals surface area contributed by atoms with E-state index in [0.717, 1.165) is 16.4 Å². The van der Waals surface area contributed by atoms with Crippen LogP contribution in [0.5, 0.6) is 0 Å². The summed E-state index contributed by atoms with van der Waals surface area (Å²) in [4.78, 5) is 23.1. The predicted octanol–water partition coefficient (Wildman–Crippen LogP) is 0.928. The van der Waals surface area contributed by atoms with Gasteiger partial charge in [0, 0.05) is 6.07 Å².